The standard InChI is InChI=1S/C22H22N2O3/c25-21-12-19-14-23(10-11-24(19)15-22(21)26)13-17-6-8-20(9-7-17)27-16-18-4-2-1-3-5-18/h1-9,12,15,26H,10-11,13-14,16H2. The summed E-state index contributed by atoms with van der Waals surface area (Å²) in [7, 11) is 0. The SMILES string of the molecule is O=c1cc2n(cc1O)CCN(Cc1ccc(OCc3ccccc3)cc1)C2. The maximum atomic E-state index is 11.7. The van der Waals surface area contributed by atoms with Crippen molar-refractivity contribution < 1.29 is 9.84 Å². The van der Waals surface area contributed by atoms with Crippen molar-refractivity contribution in [2.24, 2.45) is 0 Å². The Morgan fingerprint density at radius 2 is 1.74 bits per heavy atom. The van der Waals surface area contributed by atoms with Gasteiger partial charge in [0.1, 0.15) is 12.4 Å². The number of fused-ring (bicyclic) bond motifs is 1. The Hall–Kier alpha value is -3.05. The van der Waals surface area contributed by atoms with Gasteiger partial charge in [0, 0.05) is 37.9 Å². The van der Waals surface area contributed by atoms with Crippen LogP contribution in [0.2, 0.25) is 0 Å². The maximum Gasteiger partial charge on any atom is 0.223 e. The first kappa shape index (κ1) is 17.4. The molecule has 3 aromatic rings. The van der Waals surface area contributed by atoms with Gasteiger partial charge in [-0.3, -0.25) is 9.69 Å². The number of aromatic nitrogens is 1. The van der Waals surface area contributed by atoms with Crippen LogP contribution in [0.15, 0.2) is 71.7 Å². The number of benzene rings is 2. The summed E-state index contributed by atoms with van der Waals surface area (Å²) in [4.78, 5) is 14.0. The molecule has 27 heavy (non-hydrogen) atoms. The van der Waals surface area contributed by atoms with Crippen LogP contribution >= 0.6 is 0 Å². The van der Waals surface area contributed by atoms with Crippen LogP contribution < -0.4 is 10.2 Å². The minimum atomic E-state index is -0.317. The highest BCUT2D eigenvalue weighted by Crippen LogP contribution is 2.19. The van der Waals surface area contributed by atoms with Crippen molar-refractivity contribution >= 4 is 0 Å². The summed E-state index contributed by atoms with van der Waals surface area (Å²) in [6, 6.07) is 19.8. The lowest BCUT2D eigenvalue weighted by Crippen LogP contribution is -2.34. The van der Waals surface area contributed by atoms with Crippen LogP contribution in [0.5, 0.6) is 11.5 Å². The summed E-state index contributed by atoms with van der Waals surface area (Å²) in [5.41, 5.74) is 2.97. The zero-order valence-electron chi connectivity index (χ0n) is 15.0. The second-order valence-electron chi connectivity index (χ2n) is 6.84. The number of ether oxygens (including phenoxy) is 1. The van der Waals surface area contributed by atoms with Gasteiger partial charge in [-0.15, -0.1) is 0 Å². The molecule has 0 atom stereocenters. The molecular formula is C22H22N2O3. The molecule has 1 aromatic heterocycles. The summed E-state index contributed by atoms with van der Waals surface area (Å²) in [5, 5.41) is 9.56. The first-order valence-corrected chi connectivity index (χ1v) is 9.08. The lowest BCUT2D eigenvalue weighted by Gasteiger charge is -2.30. The Labute approximate surface area is 158 Å². The first-order chi connectivity index (χ1) is 13.2. The number of nitrogens with zero attached hydrogens (tertiary/aromatic N) is 2. The van der Waals surface area contributed by atoms with E-state index in [-0.39, 0.29) is 11.2 Å². The highest BCUT2D eigenvalue weighted by Gasteiger charge is 2.17. The van der Waals surface area contributed by atoms with Crippen LogP contribution in [0.4, 0.5) is 0 Å². The first-order valence-electron chi connectivity index (χ1n) is 9.08. The highest BCUT2D eigenvalue weighted by molar-refractivity contribution is 5.28. The molecular weight excluding hydrogens is 340 g/mol. The van der Waals surface area contributed by atoms with E-state index in [1.165, 1.54) is 17.8 Å². The van der Waals surface area contributed by atoms with Crippen LogP contribution in [0.1, 0.15) is 16.8 Å². The van der Waals surface area contributed by atoms with Gasteiger partial charge >= 0.3 is 0 Å². The zero-order chi connectivity index (χ0) is 18.6. The average Bonchev–Trinajstić information content (AvgIpc) is 2.69. The molecule has 1 aliphatic heterocycles. The normalized spacial score (nSPS) is 13.9. The van der Waals surface area contributed by atoms with Crippen LogP contribution in [0.25, 0.3) is 0 Å². The number of hydrogen-bond acceptors (Lipinski definition) is 4. The largest absolute Gasteiger partial charge is 0.503 e. The van der Waals surface area contributed by atoms with Crippen molar-refractivity contribution in [1.29, 1.82) is 0 Å². The van der Waals surface area contributed by atoms with Crippen molar-refractivity contribution in [1.82, 2.24) is 9.47 Å². The van der Waals surface area contributed by atoms with Gasteiger partial charge < -0.3 is 14.4 Å². The van der Waals surface area contributed by atoms with Gasteiger partial charge in [0.05, 0.1) is 6.20 Å². The quantitative estimate of drug-likeness (QED) is 0.758. The fraction of sp³-hybridized carbons (Fsp3) is 0.227. The Kier molecular flexibility index (Phi) is 4.94. The van der Waals surface area contributed by atoms with E-state index in [4.69, 9.17) is 4.74 Å². The topological polar surface area (TPSA) is 54.7 Å². The average molecular weight is 362 g/mol. The molecule has 0 unspecified atom stereocenters. The molecule has 0 amide bonds. The summed E-state index contributed by atoms with van der Waals surface area (Å²) < 4.78 is 7.78. The molecule has 0 fully saturated rings. The van der Waals surface area contributed by atoms with Crippen LogP contribution in [-0.2, 0) is 26.2 Å². The van der Waals surface area contributed by atoms with Gasteiger partial charge in [-0.1, -0.05) is 42.5 Å². The molecule has 0 spiro atoms. The molecule has 0 bridgehead atoms. The molecule has 2 aromatic carbocycles. The summed E-state index contributed by atoms with van der Waals surface area (Å²) >= 11 is 0. The van der Waals surface area contributed by atoms with Crippen molar-refractivity contribution in [3.63, 3.8) is 0 Å². The molecule has 0 radical (unpaired) electrons. The van der Waals surface area contributed by atoms with Gasteiger partial charge in [-0.2, -0.15) is 0 Å². The fourth-order valence-corrected chi connectivity index (χ4v) is 3.33. The van der Waals surface area contributed by atoms with E-state index in [1.54, 1.807) is 0 Å². The predicted octanol–water partition coefficient (Wildman–Crippen LogP) is 3.15. The molecule has 2 heterocycles. The number of aromatic hydroxyl groups is 1. The molecule has 5 nitrogen and oxygen atoms in total. The molecule has 1 N–H and O–H groups in total. The summed E-state index contributed by atoms with van der Waals surface area (Å²) in [6.45, 7) is 3.71. The second kappa shape index (κ2) is 7.68. The van der Waals surface area contributed by atoms with Gasteiger partial charge in [-0.05, 0) is 23.3 Å². The van der Waals surface area contributed by atoms with Crippen molar-refractivity contribution in [2.45, 2.75) is 26.2 Å². The lowest BCUT2D eigenvalue weighted by atomic mass is 10.1. The second-order valence-corrected chi connectivity index (χ2v) is 6.84. The van der Waals surface area contributed by atoms with Gasteiger partial charge in [-0.25, -0.2) is 0 Å². The Bertz CT molecular complexity index is 965. The van der Waals surface area contributed by atoms with Gasteiger partial charge in [0.25, 0.3) is 0 Å². The van der Waals surface area contributed by atoms with E-state index >= 15 is 0 Å². The van der Waals surface area contributed by atoms with E-state index in [0.717, 1.165) is 36.6 Å². The third kappa shape index (κ3) is 4.20. The van der Waals surface area contributed by atoms with Crippen molar-refractivity contribution in [2.75, 3.05) is 6.54 Å². The Balaban J connectivity index is 1.36. The fourth-order valence-electron chi connectivity index (χ4n) is 3.33. The third-order valence-corrected chi connectivity index (χ3v) is 4.82. The Morgan fingerprint density at radius 3 is 2.52 bits per heavy atom. The molecule has 5 heteroatoms. The van der Waals surface area contributed by atoms with Gasteiger partial charge in [0.2, 0.25) is 5.43 Å². The van der Waals surface area contributed by atoms with E-state index in [1.807, 2.05) is 47.0 Å². The highest BCUT2D eigenvalue weighted by atomic mass is 16.5. The van der Waals surface area contributed by atoms with E-state index < -0.39 is 0 Å². The monoisotopic (exact) mass is 362 g/mol. The molecule has 0 aliphatic carbocycles. The molecule has 138 valence electrons. The molecule has 1 aliphatic rings. The van der Waals surface area contributed by atoms with E-state index in [9.17, 15) is 9.90 Å². The van der Waals surface area contributed by atoms with Crippen molar-refractivity contribution in [3.05, 3.63) is 93.9 Å². The zero-order valence-corrected chi connectivity index (χ0v) is 15.0. The number of hydrogen-bond donors (Lipinski definition) is 1. The lowest BCUT2D eigenvalue weighted by molar-refractivity contribution is 0.210. The third-order valence-electron chi connectivity index (χ3n) is 4.82. The minimum Gasteiger partial charge on any atom is -0.503 e. The number of rotatable bonds is 5. The summed E-state index contributed by atoms with van der Waals surface area (Å²) in [5.74, 6) is 0.673. The van der Waals surface area contributed by atoms with E-state index in [2.05, 4.69) is 17.0 Å². The summed E-state index contributed by atoms with van der Waals surface area (Å²) in [6.07, 6.45) is 1.54. The molecule has 4 rings (SSSR count). The Morgan fingerprint density at radius 1 is 0.963 bits per heavy atom. The van der Waals surface area contributed by atoms with Crippen LogP contribution in [0, 0.1) is 0 Å². The minimum absolute atomic E-state index is 0.182. The smallest absolute Gasteiger partial charge is 0.223 e. The van der Waals surface area contributed by atoms with E-state index in [0.29, 0.717) is 13.2 Å². The predicted molar refractivity (Wildman–Crippen MR) is 104 cm³/mol. The maximum absolute atomic E-state index is 11.7. The van der Waals surface area contributed by atoms with Gasteiger partial charge in [0.15, 0.2) is 5.75 Å². The number of pyridine rings is 1. The molecule has 0 saturated heterocycles. The van der Waals surface area contributed by atoms with Crippen LogP contribution in [0.3, 0.4) is 0 Å². The molecule has 0 saturated carbocycles. The van der Waals surface area contributed by atoms with Crippen LogP contribution in [-0.4, -0.2) is 21.1 Å². The van der Waals surface area contributed by atoms with Crippen molar-refractivity contribution in [3.8, 4) is 11.5 Å².